The van der Waals surface area contributed by atoms with Crippen molar-refractivity contribution in [1.82, 2.24) is 9.80 Å². The molecule has 0 aliphatic heterocycles. The van der Waals surface area contributed by atoms with E-state index in [0.29, 0.717) is 24.4 Å². The Morgan fingerprint density at radius 3 is 2.00 bits per heavy atom. The summed E-state index contributed by atoms with van der Waals surface area (Å²) in [5.74, 6) is 0.643. The average Bonchev–Trinajstić information content (AvgIpc) is 2.91. The molecule has 4 nitrogen and oxygen atoms in total. The third-order valence-corrected chi connectivity index (χ3v) is 6.82. The van der Waals surface area contributed by atoms with E-state index in [2.05, 4.69) is 61.2 Å². The lowest BCUT2D eigenvalue weighted by atomic mass is 10.0. The summed E-state index contributed by atoms with van der Waals surface area (Å²) < 4.78 is 5.66. The van der Waals surface area contributed by atoms with E-state index in [1.54, 1.807) is 7.11 Å². The normalized spacial score (nSPS) is 11.3. The van der Waals surface area contributed by atoms with Crippen LogP contribution in [-0.2, 0) is 6.54 Å². The predicted molar refractivity (Wildman–Crippen MR) is 146 cm³/mol. The Morgan fingerprint density at radius 1 is 0.743 bits per heavy atom. The van der Waals surface area contributed by atoms with E-state index >= 15 is 0 Å². The van der Waals surface area contributed by atoms with Gasteiger partial charge in [-0.05, 0) is 77.8 Å². The van der Waals surface area contributed by atoms with Gasteiger partial charge < -0.3 is 14.5 Å². The number of fused-ring (bicyclic) bond motifs is 2. The fraction of sp³-hybridized carbons (Fsp3) is 0.323. The number of benzene rings is 4. The maximum absolute atomic E-state index is 13.9. The van der Waals surface area contributed by atoms with Crippen molar-refractivity contribution in [1.29, 1.82) is 0 Å². The molecule has 0 radical (unpaired) electrons. The van der Waals surface area contributed by atoms with Crippen molar-refractivity contribution < 1.29 is 9.53 Å². The van der Waals surface area contributed by atoms with Gasteiger partial charge in [-0.25, -0.2) is 0 Å². The molecule has 0 aliphatic rings. The van der Waals surface area contributed by atoms with Gasteiger partial charge in [0.05, 0.1) is 12.7 Å². The zero-order valence-electron chi connectivity index (χ0n) is 21.2. The first-order chi connectivity index (χ1) is 17.1. The van der Waals surface area contributed by atoms with E-state index in [1.165, 1.54) is 10.8 Å². The molecular formula is C31H36N2O2. The molecule has 4 rings (SSSR count). The van der Waals surface area contributed by atoms with Gasteiger partial charge in [-0.1, -0.05) is 74.5 Å². The Kier molecular flexibility index (Phi) is 8.38. The molecule has 4 aromatic carbocycles. The fourth-order valence-corrected chi connectivity index (χ4v) is 4.71. The third-order valence-electron chi connectivity index (χ3n) is 6.82. The molecule has 0 saturated heterocycles. The number of rotatable bonds is 11. The summed E-state index contributed by atoms with van der Waals surface area (Å²) in [7, 11) is 1.64. The lowest BCUT2D eigenvalue weighted by molar-refractivity contribution is 0.0735. The summed E-state index contributed by atoms with van der Waals surface area (Å²) >= 11 is 0. The highest BCUT2D eigenvalue weighted by Crippen LogP contribution is 2.28. The molecule has 1 amide bonds. The van der Waals surface area contributed by atoms with E-state index in [1.807, 2.05) is 41.3 Å². The van der Waals surface area contributed by atoms with Crippen LogP contribution in [0.2, 0.25) is 0 Å². The average molecular weight is 469 g/mol. The van der Waals surface area contributed by atoms with Crippen molar-refractivity contribution >= 4 is 27.5 Å². The summed E-state index contributed by atoms with van der Waals surface area (Å²) in [6.45, 7) is 8.86. The number of ether oxygens (including phenoxy) is 1. The first-order valence-corrected chi connectivity index (χ1v) is 12.7. The van der Waals surface area contributed by atoms with Gasteiger partial charge in [-0.2, -0.15) is 0 Å². The van der Waals surface area contributed by atoms with Crippen LogP contribution in [0.4, 0.5) is 0 Å². The maximum Gasteiger partial charge on any atom is 0.257 e. The highest BCUT2D eigenvalue weighted by molar-refractivity contribution is 6.01. The Hall–Kier alpha value is -3.37. The monoisotopic (exact) mass is 468 g/mol. The summed E-state index contributed by atoms with van der Waals surface area (Å²) in [6, 6.07) is 26.9. The van der Waals surface area contributed by atoms with Crippen LogP contribution in [0.3, 0.4) is 0 Å². The van der Waals surface area contributed by atoms with Gasteiger partial charge in [0.15, 0.2) is 0 Å². The van der Waals surface area contributed by atoms with Crippen molar-refractivity contribution in [3.63, 3.8) is 0 Å². The van der Waals surface area contributed by atoms with Crippen molar-refractivity contribution in [3.8, 4) is 5.75 Å². The van der Waals surface area contributed by atoms with Gasteiger partial charge in [-0.3, -0.25) is 4.79 Å². The minimum Gasteiger partial charge on any atom is -0.496 e. The third kappa shape index (κ3) is 6.01. The zero-order valence-corrected chi connectivity index (χ0v) is 21.2. The second-order valence-electron chi connectivity index (χ2n) is 9.04. The van der Waals surface area contributed by atoms with Crippen LogP contribution in [0.15, 0.2) is 78.9 Å². The number of amides is 1. The molecular weight excluding hydrogens is 432 g/mol. The molecule has 182 valence electrons. The standard InChI is InChI=1S/C31H36N2O2/c1-4-32(5-2)18-10-11-19-33(23-24-16-17-25-12-6-7-13-26(25)20-24)31(34)29-21-27-14-8-9-15-28(27)22-30(29)35-3/h6-9,12-17,20-22H,4-5,10-11,18-19,23H2,1-3H3. The molecule has 0 heterocycles. The van der Waals surface area contributed by atoms with Crippen LogP contribution in [-0.4, -0.2) is 49.0 Å². The number of methoxy groups -OCH3 is 1. The maximum atomic E-state index is 13.9. The molecule has 0 saturated carbocycles. The lowest BCUT2D eigenvalue weighted by Crippen LogP contribution is -2.32. The molecule has 0 spiro atoms. The number of hydrogen-bond donors (Lipinski definition) is 0. The van der Waals surface area contributed by atoms with Crippen molar-refractivity contribution in [3.05, 3.63) is 90.0 Å². The SMILES string of the molecule is CCN(CC)CCCCN(Cc1ccc2ccccc2c1)C(=O)c1cc2ccccc2cc1OC. The van der Waals surface area contributed by atoms with Crippen molar-refractivity contribution in [2.24, 2.45) is 0 Å². The summed E-state index contributed by atoms with van der Waals surface area (Å²) in [5.41, 5.74) is 1.76. The first kappa shape index (κ1) is 24.7. The van der Waals surface area contributed by atoms with Gasteiger partial charge in [-0.15, -0.1) is 0 Å². The molecule has 0 bridgehead atoms. The molecule has 4 aromatic rings. The fourth-order valence-electron chi connectivity index (χ4n) is 4.71. The van der Waals surface area contributed by atoms with Gasteiger partial charge in [0.2, 0.25) is 0 Å². The Morgan fingerprint density at radius 2 is 1.34 bits per heavy atom. The molecule has 0 atom stereocenters. The molecule has 0 fully saturated rings. The van der Waals surface area contributed by atoms with E-state index < -0.39 is 0 Å². The molecule has 0 unspecified atom stereocenters. The topological polar surface area (TPSA) is 32.8 Å². The van der Waals surface area contributed by atoms with Crippen LogP contribution in [0.25, 0.3) is 21.5 Å². The van der Waals surface area contributed by atoms with Crippen LogP contribution < -0.4 is 4.74 Å². The predicted octanol–water partition coefficient (Wildman–Crippen LogP) is 6.77. The lowest BCUT2D eigenvalue weighted by Gasteiger charge is -2.25. The van der Waals surface area contributed by atoms with Crippen LogP contribution in [0.1, 0.15) is 42.6 Å². The second-order valence-corrected chi connectivity index (χ2v) is 9.04. The summed E-state index contributed by atoms with van der Waals surface area (Å²) in [6.07, 6.45) is 2.03. The van der Waals surface area contributed by atoms with Crippen LogP contribution >= 0.6 is 0 Å². The Labute approximate surface area is 209 Å². The molecule has 35 heavy (non-hydrogen) atoms. The minimum atomic E-state index is 0.0172. The second kappa shape index (κ2) is 11.9. The summed E-state index contributed by atoms with van der Waals surface area (Å²) in [4.78, 5) is 18.3. The smallest absolute Gasteiger partial charge is 0.257 e. The quantitative estimate of drug-likeness (QED) is 0.228. The number of unbranched alkanes of at least 4 members (excludes halogenated alkanes) is 1. The van der Waals surface area contributed by atoms with E-state index in [4.69, 9.17) is 4.74 Å². The van der Waals surface area contributed by atoms with Crippen molar-refractivity contribution in [2.75, 3.05) is 33.3 Å². The van der Waals surface area contributed by atoms with Gasteiger partial charge in [0.1, 0.15) is 5.75 Å². The zero-order chi connectivity index (χ0) is 24.6. The van der Waals surface area contributed by atoms with Crippen LogP contribution in [0.5, 0.6) is 5.75 Å². The number of carbonyl (C=O) groups is 1. The van der Waals surface area contributed by atoms with Gasteiger partial charge in [0.25, 0.3) is 5.91 Å². The highest BCUT2D eigenvalue weighted by Gasteiger charge is 2.21. The molecule has 4 heteroatoms. The van der Waals surface area contributed by atoms with E-state index in [0.717, 1.165) is 48.8 Å². The number of hydrogen-bond acceptors (Lipinski definition) is 3. The highest BCUT2D eigenvalue weighted by atomic mass is 16.5. The molecule has 0 aliphatic carbocycles. The molecule has 0 aromatic heterocycles. The van der Waals surface area contributed by atoms with E-state index in [-0.39, 0.29) is 5.91 Å². The Balaban J connectivity index is 1.60. The first-order valence-electron chi connectivity index (χ1n) is 12.7. The van der Waals surface area contributed by atoms with Gasteiger partial charge in [0, 0.05) is 13.1 Å². The minimum absolute atomic E-state index is 0.0172. The molecule has 0 N–H and O–H groups in total. The van der Waals surface area contributed by atoms with E-state index in [9.17, 15) is 4.79 Å². The Bertz CT molecular complexity index is 1280. The van der Waals surface area contributed by atoms with Crippen molar-refractivity contribution in [2.45, 2.75) is 33.2 Å². The largest absolute Gasteiger partial charge is 0.496 e. The number of nitrogens with zero attached hydrogens (tertiary/aromatic N) is 2. The van der Waals surface area contributed by atoms with Gasteiger partial charge >= 0.3 is 0 Å². The summed E-state index contributed by atoms with van der Waals surface area (Å²) in [5, 5.41) is 4.52. The van der Waals surface area contributed by atoms with Crippen LogP contribution in [0, 0.1) is 0 Å². The number of carbonyl (C=O) groups excluding carboxylic acids is 1.